The molecule has 0 aliphatic carbocycles. The molecule has 0 spiro atoms. The standard InChI is InChI=1S/C18H25F4N3O3/c1-3-11(2)16(26)25-8-6-12(7-9-25)23-17(27)24-13-4-5-15(14(19)10-13)28-18(20,21)22/h4-5,10-12,16,26H,3,6-9H2,1-2H3,(H2,23,24,27)/t11-,16-/m0/s1. The third-order valence-corrected chi connectivity index (χ3v) is 4.81. The zero-order chi connectivity index (χ0) is 20.9. The summed E-state index contributed by atoms with van der Waals surface area (Å²) in [6, 6.07) is 1.98. The molecule has 1 heterocycles. The largest absolute Gasteiger partial charge is 0.573 e. The molecule has 1 aromatic rings. The van der Waals surface area contributed by atoms with E-state index in [2.05, 4.69) is 15.4 Å². The van der Waals surface area contributed by atoms with Crippen LogP contribution in [0.4, 0.5) is 28.0 Å². The van der Waals surface area contributed by atoms with Crippen LogP contribution >= 0.6 is 0 Å². The molecule has 2 atom stereocenters. The number of alkyl halides is 3. The lowest BCUT2D eigenvalue weighted by Gasteiger charge is -2.37. The van der Waals surface area contributed by atoms with Gasteiger partial charge in [-0.2, -0.15) is 0 Å². The molecule has 1 aliphatic rings. The number of urea groups is 1. The van der Waals surface area contributed by atoms with Crippen molar-refractivity contribution in [3.05, 3.63) is 24.0 Å². The predicted octanol–water partition coefficient (Wildman–Crippen LogP) is 3.67. The topological polar surface area (TPSA) is 73.8 Å². The molecule has 6 nitrogen and oxygen atoms in total. The maximum Gasteiger partial charge on any atom is 0.573 e. The van der Waals surface area contributed by atoms with Gasteiger partial charge in [0, 0.05) is 30.9 Å². The Bertz CT molecular complexity index is 664. The van der Waals surface area contributed by atoms with Crippen LogP contribution in [0.25, 0.3) is 0 Å². The van der Waals surface area contributed by atoms with Crippen LogP contribution < -0.4 is 15.4 Å². The lowest BCUT2D eigenvalue weighted by atomic mass is 10.0. The number of nitrogens with one attached hydrogen (secondary N) is 2. The van der Waals surface area contributed by atoms with Crippen molar-refractivity contribution in [3.63, 3.8) is 0 Å². The molecule has 28 heavy (non-hydrogen) atoms. The van der Waals surface area contributed by atoms with Crippen LogP contribution in [-0.4, -0.2) is 47.8 Å². The lowest BCUT2D eigenvalue weighted by Crippen LogP contribution is -2.50. The minimum Gasteiger partial charge on any atom is -0.403 e. The highest BCUT2D eigenvalue weighted by atomic mass is 19.4. The summed E-state index contributed by atoms with van der Waals surface area (Å²) in [6.45, 7) is 5.26. The zero-order valence-corrected chi connectivity index (χ0v) is 15.7. The number of nitrogens with zero attached hydrogens (tertiary/aromatic N) is 1. The van der Waals surface area contributed by atoms with Gasteiger partial charge in [-0.15, -0.1) is 13.2 Å². The number of amides is 2. The minimum absolute atomic E-state index is 0.00848. The van der Waals surface area contributed by atoms with Crippen LogP contribution in [0.2, 0.25) is 0 Å². The summed E-state index contributed by atoms with van der Waals surface area (Å²) in [5.41, 5.74) is 0.00848. The van der Waals surface area contributed by atoms with E-state index in [0.717, 1.165) is 24.6 Å². The molecule has 1 aromatic carbocycles. The van der Waals surface area contributed by atoms with Crippen LogP contribution in [-0.2, 0) is 0 Å². The van der Waals surface area contributed by atoms with Crippen molar-refractivity contribution in [1.29, 1.82) is 0 Å². The summed E-state index contributed by atoms with van der Waals surface area (Å²) in [6.07, 6.45) is -3.35. The summed E-state index contributed by atoms with van der Waals surface area (Å²) in [5.74, 6) is -2.04. The second kappa shape index (κ2) is 9.42. The Morgan fingerprint density at radius 3 is 2.54 bits per heavy atom. The van der Waals surface area contributed by atoms with Crippen LogP contribution in [0, 0.1) is 11.7 Å². The maximum atomic E-state index is 13.7. The fourth-order valence-electron chi connectivity index (χ4n) is 3.02. The number of aliphatic hydroxyl groups is 1. The Labute approximate surface area is 160 Å². The van der Waals surface area contributed by atoms with E-state index in [4.69, 9.17) is 0 Å². The third kappa shape index (κ3) is 6.52. The van der Waals surface area contributed by atoms with Gasteiger partial charge in [-0.05, 0) is 37.3 Å². The smallest absolute Gasteiger partial charge is 0.403 e. The Kier molecular flexibility index (Phi) is 7.48. The molecular weight excluding hydrogens is 382 g/mol. The highest BCUT2D eigenvalue weighted by Crippen LogP contribution is 2.27. The molecule has 10 heteroatoms. The molecule has 0 bridgehead atoms. The SMILES string of the molecule is CC[C@H](C)[C@H](O)N1CCC(NC(=O)Nc2ccc(OC(F)(F)F)c(F)c2)CC1. The average Bonchev–Trinajstić information content (AvgIpc) is 2.62. The Hall–Kier alpha value is -2.07. The lowest BCUT2D eigenvalue weighted by molar-refractivity contribution is -0.275. The van der Waals surface area contributed by atoms with Crippen molar-refractivity contribution in [3.8, 4) is 5.75 Å². The van der Waals surface area contributed by atoms with Gasteiger partial charge >= 0.3 is 12.4 Å². The van der Waals surface area contributed by atoms with E-state index in [1.807, 2.05) is 18.7 Å². The molecule has 2 rings (SSSR count). The second-order valence-corrected chi connectivity index (χ2v) is 6.90. The molecule has 1 fully saturated rings. The second-order valence-electron chi connectivity index (χ2n) is 6.90. The first-order valence-electron chi connectivity index (χ1n) is 9.14. The van der Waals surface area contributed by atoms with Crippen LogP contribution in [0.1, 0.15) is 33.1 Å². The van der Waals surface area contributed by atoms with E-state index in [1.165, 1.54) is 0 Å². The van der Waals surface area contributed by atoms with Gasteiger partial charge in [0.05, 0.1) is 0 Å². The minimum atomic E-state index is -5.00. The summed E-state index contributed by atoms with van der Waals surface area (Å²) in [7, 11) is 0. The molecule has 0 radical (unpaired) electrons. The first kappa shape index (κ1) is 22.2. The molecule has 2 amide bonds. The number of rotatable bonds is 6. The number of hydrogen-bond donors (Lipinski definition) is 3. The van der Waals surface area contributed by atoms with E-state index in [9.17, 15) is 27.5 Å². The predicted molar refractivity (Wildman–Crippen MR) is 95.3 cm³/mol. The fourth-order valence-corrected chi connectivity index (χ4v) is 3.02. The van der Waals surface area contributed by atoms with E-state index in [0.29, 0.717) is 25.9 Å². The van der Waals surface area contributed by atoms with Crippen LogP contribution in [0.5, 0.6) is 5.75 Å². The van der Waals surface area contributed by atoms with E-state index in [1.54, 1.807) is 0 Å². The van der Waals surface area contributed by atoms with Crippen molar-refractivity contribution in [2.45, 2.75) is 51.7 Å². The number of carbonyl (C=O) groups is 1. The molecule has 0 aromatic heterocycles. The molecular formula is C18H25F4N3O3. The average molecular weight is 407 g/mol. The number of anilines is 1. The first-order chi connectivity index (χ1) is 13.1. The number of piperidine rings is 1. The van der Waals surface area contributed by atoms with Gasteiger partial charge < -0.3 is 20.5 Å². The van der Waals surface area contributed by atoms with Gasteiger partial charge in [0.1, 0.15) is 6.23 Å². The maximum absolute atomic E-state index is 13.7. The Morgan fingerprint density at radius 1 is 1.36 bits per heavy atom. The first-order valence-corrected chi connectivity index (χ1v) is 9.14. The summed E-state index contributed by atoms with van der Waals surface area (Å²) >= 11 is 0. The van der Waals surface area contributed by atoms with Gasteiger partial charge in [0.15, 0.2) is 11.6 Å². The molecule has 1 aliphatic heterocycles. The van der Waals surface area contributed by atoms with E-state index in [-0.39, 0.29) is 17.6 Å². The third-order valence-electron chi connectivity index (χ3n) is 4.81. The van der Waals surface area contributed by atoms with Crippen LogP contribution in [0.3, 0.4) is 0 Å². The number of aliphatic hydroxyl groups excluding tert-OH is 1. The Balaban J connectivity index is 1.82. The molecule has 3 N–H and O–H groups in total. The quantitative estimate of drug-likeness (QED) is 0.629. The molecule has 158 valence electrons. The highest BCUT2D eigenvalue weighted by Gasteiger charge is 2.32. The fraction of sp³-hybridized carbons (Fsp3) is 0.611. The zero-order valence-electron chi connectivity index (χ0n) is 15.7. The Morgan fingerprint density at radius 2 is 2.00 bits per heavy atom. The molecule has 1 saturated heterocycles. The molecule has 0 unspecified atom stereocenters. The van der Waals surface area contributed by atoms with Gasteiger partial charge in [0.25, 0.3) is 0 Å². The number of carbonyl (C=O) groups excluding carboxylic acids is 1. The number of ether oxygens (including phenoxy) is 1. The summed E-state index contributed by atoms with van der Waals surface area (Å²) < 4.78 is 53.7. The van der Waals surface area contributed by atoms with E-state index >= 15 is 0 Å². The number of benzene rings is 1. The number of halogens is 4. The van der Waals surface area contributed by atoms with Gasteiger partial charge in [-0.25, -0.2) is 9.18 Å². The van der Waals surface area contributed by atoms with Gasteiger partial charge in [0.2, 0.25) is 0 Å². The monoisotopic (exact) mass is 407 g/mol. The highest BCUT2D eigenvalue weighted by molar-refractivity contribution is 5.89. The summed E-state index contributed by atoms with van der Waals surface area (Å²) in [4.78, 5) is 14.0. The van der Waals surface area contributed by atoms with Crippen molar-refractivity contribution in [2.75, 3.05) is 18.4 Å². The normalized spacial score (nSPS) is 18.4. The summed E-state index contributed by atoms with van der Waals surface area (Å²) in [5, 5.41) is 15.4. The van der Waals surface area contributed by atoms with E-state index < -0.39 is 30.2 Å². The van der Waals surface area contributed by atoms with Crippen molar-refractivity contribution in [1.82, 2.24) is 10.2 Å². The van der Waals surface area contributed by atoms with Gasteiger partial charge in [-0.1, -0.05) is 13.8 Å². The number of likely N-dealkylation sites (tertiary alicyclic amines) is 1. The van der Waals surface area contributed by atoms with Crippen molar-refractivity contribution in [2.24, 2.45) is 5.92 Å². The number of hydrogen-bond acceptors (Lipinski definition) is 4. The molecule has 0 saturated carbocycles. The van der Waals surface area contributed by atoms with Crippen LogP contribution in [0.15, 0.2) is 18.2 Å². The van der Waals surface area contributed by atoms with Crippen molar-refractivity contribution < 1.29 is 32.2 Å². The van der Waals surface area contributed by atoms with Gasteiger partial charge in [-0.3, -0.25) is 4.90 Å². The van der Waals surface area contributed by atoms with Crippen molar-refractivity contribution >= 4 is 11.7 Å².